The minimum Gasteiger partial charge on any atom is -0.393 e. The molecule has 2 aromatic rings. The van der Waals surface area contributed by atoms with Crippen molar-refractivity contribution >= 4 is 16.7 Å². The Morgan fingerprint density at radius 2 is 1.81 bits per heavy atom. The van der Waals surface area contributed by atoms with Gasteiger partial charge >= 0.3 is 0 Å². The fourth-order valence-corrected chi connectivity index (χ4v) is 4.29. The van der Waals surface area contributed by atoms with Crippen molar-refractivity contribution in [3.8, 4) is 0 Å². The van der Waals surface area contributed by atoms with E-state index in [2.05, 4.69) is 9.80 Å². The van der Waals surface area contributed by atoms with Gasteiger partial charge in [0.25, 0.3) is 0 Å². The van der Waals surface area contributed by atoms with E-state index >= 15 is 0 Å². The van der Waals surface area contributed by atoms with Crippen LogP contribution >= 0.6 is 0 Å². The molecule has 1 aromatic carbocycles. The minimum absolute atomic E-state index is 0.0623. The summed E-state index contributed by atoms with van der Waals surface area (Å²) in [5.74, 6) is 0.776. The number of anilines is 1. The van der Waals surface area contributed by atoms with Crippen LogP contribution in [0.4, 0.5) is 5.82 Å². The predicted molar refractivity (Wildman–Crippen MR) is 101 cm³/mol. The fraction of sp³-hybridized carbons (Fsp3) is 0.550. The van der Waals surface area contributed by atoms with Crippen LogP contribution in [0.25, 0.3) is 10.9 Å². The number of aliphatic hydroxyl groups is 3. The number of nitrogens with zero attached hydrogens (tertiary/aromatic N) is 3. The molecular formula is C20H27N3O3. The number of fused-ring (bicyclic) bond motifs is 1. The van der Waals surface area contributed by atoms with E-state index in [1.165, 1.54) is 0 Å². The van der Waals surface area contributed by atoms with E-state index in [1.54, 1.807) is 0 Å². The van der Waals surface area contributed by atoms with Crippen LogP contribution in [0.15, 0.2) is 30.3 Å². The standard InChI is InChI=1S/C20H27N3O3/c24-13-15-11-14-3-1-2-4-17(14)21-20(15)23-10-7-18(19(26)12-23)22-8-5-16(25)6-9-22/h1-4,11,16,18-19,24-26H,5-10,12-13H2/t18-,19-/m1/s1. The summed E-state index contributed by atoms with van der Waals surface area (Å²) in [5.41, 5.74) is 1.71. The number of rotatable bonds is 3. The molecule has 0 bridgehead atoms. The van der Waals surface area contributed by atoms with Crippen LogP contribution in [0.5, 0.6) is 0 Å². The minimum atomic E-state index is -0.459. The van der Waals surface area contributed by atoms with Crippen molar-refractivity contribution in [1.29, 1.82) is 0 Å². The number of aliphatic hydroxyl groups excluding tert-OH is 3. The topological polar surface area (TPSA) is 80.1 Å². The second-order valence-corrected chi connectivity index (χ2v) is 7.46. The highest BCUT2D eigenvalue weighted by Gasteiger charge is 2.34. The monoisotopic (exact) mass is 357 g/mol. The summed E-state index contributed by atoms with van der Waals surface area (Å²) in [6, 6.07) is 10.0. The molecule has 0 radical (unpaired) electrons. The van der Waals surface area contributed by atoms with Crippen molar-refractivity contribution < 1.29 is 15.3 Å². The van der Waals surface area contributed by atoms with E-state index in [0.717, 1.165) is 61.2 Å². The van der Waals surface area contributed by atoms with Gasteiger partial charge in [-0.3, -0.25) is 4.90 Å². The van der Waals surface area contributed by atoms with E-state index in [0.29, 0.717) is 6.54 Å². The molecule has 2 fully saturated rings. The Morgan fingerprint density at radius 3 is 2.54 bits per heavy atom. The molecule has 1 aromatic heterocycles. The molecule has 0 amide bonds. The van der Waals surface area contributed by atoms with Gasteiger partial charge in [0.2, 0.25) is 0 Å². The summed E-state index contributed by atoms with van der Waals surface area (Å²) >= 11 is 0. The Kier molecular flexibility index (Phi) is 5.09. The second-order valence-electron chi connectivity index (χ2n) is 7.46. The normalized spacial score (nSPS) is 25.7. The zero-order chi connectivity index (χ0) is 18.1. The van der Waals surface area contributed by atoms with Crippen LogP contribution in [-0.4, -0.2) is 69.6 Å². The lowest BCUT2D eigenvalue weighted by atomic mass is 9.96. The molecule has 0 saturated carbocycles. The van der Waals surface area contributed by atoms with E-state index in [-0.39, 0.29) is 18.8 Å². The highest BCUT2D eigenvalue weighted by molar-refractivity contribution is 5.81. The summed E-state index contributed by atoms with van der Waals surface area (Å²) in [6.07, 6.45) is 1.77. The van der Waals surface area contributed by atoms with Gasteiger partial charge in [-0.25, -0.2) is 4.98 Å². The van der Waals surface area contributed by atoms with Gasteiger partial charge < -0.3 is 20.2 Å². The number of pyridine rings is 1. The van der Waals surface area contributed by atoms with Gasteiger partial charge in [-0.2, -0.15) is 0 Å². The Balaban J connectivity index is 1.52. The van der Waals surface area contributed by atoms with Gasteiger partial charge in [0, 0.05) is 43.2 Å². The molecule has 140 valence electrons. The largest absolute Gasteiger partial charge is 0.393 e. The number of para-hydroxylation sites is 1. The van der Waals surface area contributed by atoms with E-state index < -0.39 is 6.10 Å². The third kappa shape index (κ3) is 3.42. The van der Waals surface area contributed by atoms with Crippen LogP contribution in [0.1, 0.15) is 24.8 Å². The Bertz CT molecular complexity index is 761. The van der Waals surface area contributed by atoms with Gasteiger partial charge in [0.15, 0.2) is 0 Å². The third-order valence-electron chi connectivity index (χ3n) is 5.76. The quantitative estimate of drug-likeness (QED) is 0.764. The number of hydrogen-bond donors (Lipinski definition) is 3. The molecule has 2 aliphatic heterocycles. The Morgan fingerprint density at radius 1 is 1.04 bits per heavy atom. The molecule has 3 heterocycles. The van der Waals surface area contributed by atoms with Crippen molar-refractivity contribution in [3.05, 3.63) is 35.9 Å². The zero-order valence-electron chi connectivity index (χ0n) is 15.0. The second kappa shape index (κ2) is 7.48. The van der Waals surface area contributed by atoms with E-state index in [9.17, 15) is 15.3 Å². The molecule has 2 atom stereocenters. The van der Waals surface area contributed by atoms with Crippen LogP contribution in [-0.2, 0) is 6.61 Å². The first kappa shape index (κ1) is 17.7. The maximum atomic E-state index is 10.8. The number of hydrogen-bond acceptors (Lipinski definition) is 6. The Labute approximate surface area is 153 Å². The summed E-state index contributed by atoms with van der Waals surface area (Å²) in [4.78, 5) is 9.17. The molecule has 0 aliphatic carbocycles. The first-order valence-corrected chi connectivity index (χ1v) is 9.50. The average Bonchev–Trinajstić information content (AvgIpc) is 2.67. The average molecular weight is 357 g/mol. The summed E-state index contributed by atoms with van der Waals surface area (Å²) in [5, 5.41) is 31.3. The number of likely N-dealkylation sites (tertiary alicyclic amines) is 1. The smallest absolute Gasteiger partial charge is 0.134 e. The summed E-state index contributed by atoms with van der Waals surface area (Å²) < 4.78 is 0. The predicted octanol–water partition coefficient (Wildman–Crippen LogP) is 1.12. The van der Waals surface area contributed by atoms with Crippen molar-refractivity contribution in [2.75, 3.05) is 31.1 Å². The number of benzene rings is 1. The van der Waals surface area contributed by atoms with Crippen LogP contribution in [0, 0.1) is 0 Å². The molecule has 2 saturated heterocycles. The molecule has 3 N–H and O–H groups in total. The summed E-state index contributed by atoms with van der Waals surface area (Å²) in [6.45, 7) is 2.95. The number of piperidine rings is 2. The molecule has 0 unspecified atom stereocenters. The molecule has 26 heavy (non-hydrogen) atoms. The molecule has 0 spiro atoms. The van der Waals surface area contributed by atoms with Crippen molar-refractivity contribution in [2.24, 2.45) is 0 Å². The zero-order valence-corrected chi connectivity index (χ0v) is 15.0. The first-order valence-electron chi connectivity index (χ1n) is 9.50. The van der Waals surface area contributed by atoms with E-state index in [4.69, 9.17) is 4.98 Å². The van der Waals surface area contributed by atoms with Gasteiger partial charge in [-0.15, -0.1) is 0 Å². The van der Waals surface area contributed by atoms with E-state index in [1.807, 2.05) is 30.3 Å². The van der Waals surface area contributed by atoms with Crippen molar-refractivity contribution in [2.45, 2.75) is 44.1 Å². The van der Waals surface area contributed by atoms with Crippen molar-refractivity contribution in [1.82, 2.24) is 9.88 Å². The van der Waals surface area contributed by atoms with Crippen LogP contribution < -0.4 is 4.90 Å². The lowest BCUT2D eigenvalue weighted by Crippen LogP contribution is -2.56. The fourth-order valence-electron chi connectivity index (χ4n) is 4.29. The van der Waals surface area contributed by atoms with Gasteiger partial charge in [0.05, 0.1) is 24.3 Å². The lowest BCUT2D eigenvalue weighted by molar-refractivity contribution is -0.000259. The highest BCUT2D eigenvalue weighted by Crippen LogP contribution is 2.28. The molecule has 6 heteroatoms. The number of β-amino-alcohol motifs (C(OH)–C–C–N with tert-alkyl or cyclic N) is 1. The SMILES string of the molecule is OCc1cc2ccccc2nc1N1CC[C@@H](N2CCC(O)CC2)[C@H](O)C1. The lowest BCUT2D eigenvalue weighted by Gasteiger charge is -2.44. The number of aromatic nitrogens is 1. The van der Waals surface area contributed by atoms with Gasteiger partial charge in [0.1, 0.15) is 5.82 Å². The van der Waals surface area contributed by atoms with Crippen LogP contribution in [0.3, 0.4) is 0 Å². The maximum Gasteiger partial charge on any atom is 0.134 e. The molecule has 2 aliphatic rings. The first-order chi connectivity index (χ1) is 12.7. The highest BCUT2D eigenvalue weighted by atomic mass is 16.3. The van der Waals surface area contributed by atoms with Gasteiger partial charge in [-0.1, -0.05) is 18.2 Å². The summed E-state index contributed by atoms with van der Waals surface area (Å²) in [7, 11) is 0. The third-order valence-corrected chi connectivity index (χ3v) is 5.76. The molecule has 4 rings (SSSR count). The van der Waals surface area contributed by atoms with Crippen molar-refractivity contribution in [3.63, 3.8) is 0 Å². The van der Waals surface area contributed by atoms with Crippen LogP contribution in [0.2, 0.25) is 0 Å². The maximum absolute atomic E-state index is 10.8. The molecule has 6 nitrogen and oxygen atoms in total. The Hall–Kier alpha value is -1.73. The van der Waals surface area contributed by atoms with Gasteiger partial charge in [-0.05, 0) is 31.4 Å². The molecular weight excluding hydrogens is 330 g/mol.